The number of anilines is 3. The fourth-order valence-corrected chi connectivity index (χ4v) is 4.76. The standard InChI is InChI=1S/C24H28FN5O3S/c25-18-7-5-17-15-19(8-6-16(17)14-18)27-24-29-21(22(26)32)23(34-24)28-20(31)4-2-1-3-9-30-10-12-33-13-11-30/h5-8,14-15H,1-4,9-13H2,(H2,26,32)(H,27,29)(H,28,31). The highest BCUT2D eigenvalue weighted by Crippen LogP contribution is 2.31. The van der Waals surface area contributed by atoms with Crippen LogP contribution >= 0.6 is 11.3 Å². The molecule has 1 aliphatic rings. The predicted molar refractivity (Wildman–Crippen MR) is 132 cm³/mol. The molecule has 10 heteroatoms. The van der Waals surface area contributed by atoms with Crippen LogP contribution in [0.25, 0.3) is 10.8 Å². The van der Waals surface area contributed by atoms with E-state index in [1.165, 1.54) is 12.1 Å². The number of thiazole rings is 1. The SMILES string of the molecule is NC(=O)c1nc(Nc2ccc3cc(F)ccc3c2)sc1NC(=O)CCCCCN1CCOCC1. The molecule has 0 saturated carbocycles. The Morgan fingerprint density at radius 1 is 1.09 bits per heavy atom. The first-order chi connectivity index (χ1) is 16.5. The van der Waals surface area contributed by atoms with Gasteiger partial charge in [0.05, 0.1) is 13.2 Å². The van der Waals surface area contributed by atoms with Crippen molar-refractivity contribution in [2.75, 3.05) is 43.5 Å². The Bertz CT molecular complexity index is 1160. The molecule has 8 nitrogen and oxygen atoms in total. The Balaban J connectivity index is 1.31. The number of carbonyl (C=O) groups is 2. The minimum Gasteiger partial charge on any atom is -0.379 e. The van der Waals surface area contributed by atoms with Gasteiger partial charge in [0.1, 0.15) is 10.8 Å². The van der Waals surface area contributed by atoms with Gasteiger partial charge in [-0.2, -0.15) is 0 Å². The number of rotatable bonds is 10. The molecule has 1 saturated heterocycles. The van der Waals surface area contributed by atoms with Crippen molar-refractivity contribution >= 4 is 49.7 Å². The number of nitrogens with two attached hydrogens (primary N) is 1. The van der Waals surface area contributed by atoms with Crippen LogP contribution in [0.4, 0.5) is 20.2 Å². The third kappa shape index (κ3) is 6.49. The van der Waals surface area contributed by atoms with Crippen molar-refractivity contribution in [3.8, 4) is 0 Å². The Morgan fingerprint density at radius 3 is 2.65 bits per heavy atom. The van der Waals surface area contributed by atoms with Gasteiger partial charge in [-0.15, -0.1) is 0 Å². The van der Waals surface area contributed by atoms with Crippen LogP contribution in [0, 0.1) is 5.82 Å². The van der Waals surface area contributed by atoms with Crippen LogP contribution in [0.15, 0.2) is 36.4 Å². The van der Waals surface area contributed by atoms with Crippen molar-refractivity contribution in [2.24, 2.45) is 5.73 Å². The van der Waals surface area contributed by atoms with Crippen LogP contribution in [0.5, 0.6) is 0 Å². The molecule has 3 aromatic rings. The van der Waals surface area contributed by atoms with Gasteiger partial charge < -0.3 is 21.1 Å². The summed E-state index contributed by atoms with van der Waals surface area (Å²) in [5.41, 5.74) is 6.22. The second-order valence-corrected chi connectivity index (χ2v) is 9.20. The van der Waals surface area contributed by atoms with Crippen LogP contribution in [0.2, 0.25) is 0 Å². The number of carbonyl (C=O) groups excluding carboxylic acids is 2. The molecule has 2 amide bonds. The Hall–Kier alpha value is -3.08. The summed E-state index contributed by atoms with van der Waals surface area (Å²) in [5.74, 6) is -1.17. The lowest BCUT2D eigenvalue weighted by Gasteiger charge is -2.26. The summed E-state index contributed by atoms with van der Waals surface area (Å²) in [6.07, 6.45) is 3.12. The van der Waals surface area contributed by atoms with Gasteiger partial charge in [-0.1, -0.05) is 29.9 Å². The first kappa shape index (κ1) is 24.1. The highest BCUT2D eigenvalue weighted by atomic mass is 32.1. The van der Waals surface area contributed by atoms with E-state index in [4.69, 9.17) is 10.5 Å². The lowest BCUT2D eigenvalue weighted by molar-refractivity contribution is -0.116. The van der Waals surface area contributed by atoms with E-state index < -0.39 is 5.91 Å². The molecular formula is C24H28FN5O3S. The van der Waals surface area contributed by atoms with E-state index in [9.17, 15) is 14.0 Å². The van der Waals surface area contributed by atoms with E-state index in [1.807, 2.05) is 6.07 Å². The van der Waals surface area contributed by atoms with Crippen LogP contribution in [0.1, 0.15) is 36.2 Å². The van der Waals surface area contributed by atoms with Gasteiger partial charge in [0, 0.05) is 25.2 Å². The average Bonchev–Trinajstić information content (AvgIpc) is 3.22. The third-order valence-corrected chi connectivity index (χ3v) is 6.54. The van der Waals surface area contributed by atoms with Crippen LogP contribution in [0.3, 0.4) is 0 Å². The number of hydrogen-bond acceptors (Lipinski definition) is 7. The smallest absolute Gasteiger partial charge is 0.270 e. The summed E-state index contributed by atoms with van der Waals surface area (Å²) in [7, 11) is 0. The molecule has 2 heterocycles. The van der Waals surface area contributed by atoms with Crippen molar-refractivity contribution in [2.45, 2.75) is 25.7 Å². The summed E-state index contributed by atoms with van der Waals surface area (Å²) in [5, 5.41) is 8.31. The minimum atomic E-state index is -0.709. The highest BCUT2D eigenvalue weighted by molar-refractivity contribution is 7.20. The van der Waals surface area contributed by atoms with E-state index >= 15 is 0 Å². The Kier molecular flexibility index (Phi) is 8.04. The molecule has 4 rings (SSSR count). The van der Waals surface area contributed by atoms with Crippen LogP contribution < -0.4 is 16.4 Å². The number of hydrogen-bond donors (Lipinski definition) is 3. The minimum absolute atomic E-state index is 0.0241. The Morgan fingerprint density at radius 2 is 1.85 bits per heavy atom. The van der Waals surface area contributed by atoms with Crippen molar-refractivity contribution in [3.05, 3.63) is 47.9 Å². The van der Waals surface area contributed by atoms with Gasteiger partial charge in [-0.3, -0.25) is 14.5 Å². The van der Waals surface area contributed by atoms with Crippen molar-refractivity contribution in [1.29, 1.82) is 0 Å². The lowest BCUT2D eigenvalue weighted by atomic mass is 10.1. The maximum Gasteiger partial charge on any atom is 0.270 e. The number of nitrogens with one attached hydrogen (secondary N) is 2. The molecule has 2 aromatic carbocycles. The van der Waals surface area contributed by atoms with E-state index in [-0.39, 0.29) is 17.4 Å². The summed E-state index contributed by atoms with van der Waals surface area (Å²) in [6, 6.07) is 10.0. The third-order valence-electron chi connectivity index (χ3n) is 5.65. The number of unbranched alkanes of at least 4 members (excludes halogenated alkanes) is 2. The quantitative estimate of drug-likeness (QED) is 0.373. The van der Waals surface area contributed by atoms with E-state index in [2.05, 4.69) is 20.5 Å². The molecule has 0 bridgehead atoms. The predicted octanol–water partition coefficient (Wildman–Crippen LogP) is 4.11. The van der Waals surface area contributed by atoms with Gasteiger partial charge in [0.2, 0.25) is 5.91 Å². The van der Waals surface area contributed by atoms with Crippen LogP contribution in [-0.2, 0) is 9.53 Å². The van der Waals surface area contributed by atoms with E-state index in [1.54, 1.807) is 18.2 Å². The van der Waals surface area contributed by atoms with Crippen molar-refractivity contribution in [3.63, 3.8) is 0 Å². The molecule has 0 atom stereocenters. The van der Waals surface area contributed by atoms with Gasteiger partial charge in [0.15, 0.2) is 10.8 Å². The molecule has 0 aliphatic carbocycles. The summed E-state index contributed by atoms with van der Waals surface area (Å²) in [6.45, 7) is 4.53. The van der Waals surface area contributed by atoms with Gasteiger partial charge >= 0.3 is 0 Å². The average molecular weight is 486 g/mol. The molecule has 180 valence electrons. The fourth-order valence-electron chi connectivity index (χ4n) is 3.85. The molecule has 0 spiro atoms. The first-order valence-electron chi connectivity index (χ1n) is 11.3. The molecular weight excluding hydrogens is 457 g/mol. The first-order valence-corrected chi connectivity index (χ1v) is 12.2. The maximum atomic E-state index is 13.4. The number of fused-ring (bicyclic) bond motifs is 1. The molecule has 1 aliphatic heterocycles. The number of morpholine rings is 1. The largest absolute Gasteiger partial charge is 0.379 e. The van der Waals surface area contributed by atoms with Crippen molar-refractivity contribution < 1.29 is 18.7 Å². The van der Waals surface area contributed by atoms with Crippen LogP contribution in [-0.4, -0.2) is 54.5 Å². The highest BCUT2D eigenvalue weighted by Gasteiger charge is 2.18. The van der Waals surface area contributed by atoms with Gasteiger partial charge in [0.25, 0.3) is 5.91 Å². The second kappa shape index (κ2) is 11.4. The molecule has 0 radical (unpaired) electrons. The fraction of sp³-hybridized carbons (Fsp3) is 0.375. The number of primary amides is 1. The number of aromatic nitrogens is 1. The Labute approximate surface area is 201 Å². The van der Waals surface area contributed by atoms with Gasteiger partial charge in [-0.25, -0.2) is 9.37 Å². The van der Waals surface area contributed by atoms with Crippen molar-refractivity contribution in [1.82, 2.24) is 9.88 Å². The zero-order valence-electron chi connectivity index (χ0n) is 18.8. The van der Waals surface area contributed by atoms with E-state index in [0.29, 0.717) is 16.6 Å². The molecule has 1 fully saturated rings. The molecule has 4 N–H and O–H groups in total. The number of nitrogens with zero attached hydrogens (tertiary/aromatic N) is 2. The van der Waals surface area contributed by atoms with E-state index in [0.717, 1.165) is 79.9 Å². The number of benzene rings is 2. The number of amides is 2. The monoisotopic (exact) mass is 485 g/mol. The molecule has 0 unspecified atom stereocenters. The normalized spacial score (nSPS) is 14.3. The summed E-state index contributed by atoms with van der Waals surface area (Å²) >= 11 is 1.15. The topological polar surface area (TPSA) is 110 Å². The zero-order chi connectivity index (χ0) is 23.9. The summed E-state index contributed by atoms with van der Waals surface area (Å²) < 4.78 is 18.7. The molecule has 34 heavy (non-hydrogen) atoms. The van der Waals surface area contributed by atoms with Gasteiger partial charge in [-0.05, 0) is 54.4 Å². The zero-order valence-corrected chi connectivity index (χ0v) is 19.6. The summed E-state index contributed by atoms with van der Waals surface area (Å²) in [4.78, 5) is 30.9. The molecule has 1 aromatic heterocycles. The lowest BCUT2D eigenvalue weighted by Crippen LogP contribution is -2.36. The maximum absolute atomic E-state index is 13.4. The number of ether oxygens (including phenoxy) is 1. The second-order valence-electron chi connectivity index (χ2n) is 8.21. The number of halogens is 1.